The largest absolute Gasteiger partial charge is 0.328 e. The molecule has 0 aliphatic rings. The van der Waals surface area contributed by atoms with Crippen molar-refractivity contribution in [2.45, 2.75) is 6.03 Å². The number of rotatable bonds is 2. The highest BCUT2D eigenvalue weighted by molar-refractivity contribution is 14.1. The molecular weight excluding hydrogens is 211 g/mol. The minimum Gasteiger partial charge on any atom is -0.328 e. The quantitative estimate of drug-likeness (QED) is 0.485. The number of nitrogens with two attached hydrogens (primary N) is 2. The minimum absolute atomic E-state index is 1.36. The summed E-state index contributed by atoms with van der Waals surface area (Å²) < 4.78 is 8.80. The van der Waals surface area contributed by atoms with Crippen molar-refractivity contribution in [3.8, 4) is 0 Å². The van der Waals surface area contributed by atoms with E-state index in [1.807, 2.05) is 0 Å². The van der Waals surface area contributed by atoms with Crippen LogP contribution in [0.5, 0.6) is 0 Å². The topological polar surface area (TPSA) is 70.5 Å². The van der Waals surface area contributed by atoms with Crippen LogP contribution < -0.4 is 11.5 Å². The van der Waals surface area contributed by atoms with Gasteiger partial charge >= 0.3 is 0 Å². The van der Waals surface area contributed by atoms with Crippen molar-refractivity contribution in [2.75, 3.05) is 7.11 Å². The molecule has 0 aliphatic heterocycles. The first-order valence-corrected chi connectivity index (χ1v) is 2.43. The molecule has 0 saturated heterocycles. The summed E-state index contributed by atoms with van der Waals surface area (Å²) in [6, 6.07) is -1.43. The Morgan fingerprint density at radius 3 is 2.00 bits per heavy atom. The minimum atomic E-state index is -1.43. The number of methoxy groups -OCH3 is 1. The van der Waals surface area contributed by atoms with Crippen molar-refractivity contribution in [2.24, 2.45) is 11.5 Å². The average molecular weight is 218 g/mol. The number of halogens is 1. The first-order chi connectivity index (χ1) is 3.12. The monoisotopic (exact) mass is 218 g/mol. The van der Waals surface area contributed by atoms with Crippen LogP contribution in [-0.4, -0.2) is 13.1 Å². The summed E-state index contributed by atoms with van der Waals surface area (Å²) in [6.45, 7) is 0. The van der Waals surface area contributed by atoms with Gasteiger partial charge in [0.05, 0.1) is 0 Å². The van der Waals surface area contributed by atoms with Gasteiger partial charge in [-0.05, 0) is 0 Å². The standard InChI is InChI=1S/C2H7IN2O2/c1-6-2(4,5)7-3/h4-5H2,1H3. The molecule has 0 aromatic rings. The van der Waals surface area contributed by atoms with Gasteiger partial charge in [0.15, 0.2) is 0 Å². The second kappa shape index (κ2) is 2.78. The molecule has 4 nitrogen and oxygen atoms in total. The van der Waals surface area contributed by atoms with E-state index in [0.717, 1.165) is 0 Å². The van der Waals surface area contributed by atoms with Gasteiger partial charge in [-0.15, -0.1) is 0 Å². The van der Waals surface area contributed by atoms with Gasteiger partial charge in [0.1, 0.15) is 23.0 Å². The molecule has 0 amide bonds. The lowest BCUT2D eigenvalue weighted by Crippen LogP contribution is -2.51. The molecule has 0 aliphatic carbocycles. The Labute approximate surface area is 55.8 Å². The Morgan fingerprint density at radius 1 is 1.57 bits per heavy atom. The summed E-state index contributed by atoms with van der Waals surface area (Å²) in [5.74, 6) is 0. The Hall–Kier alpha value is 0.570. The summed E-state index contributed by atoms with van der Waals surface area (Å²) in [7, 11) is 1.36. The second-order valence-corrected chi connectivity index (χ2v) is 1.44. The first-order valence-electron chi connectivity index (χ1n) is 1.55. The summed E-state index contributed by atoms with van der Waals surface area (Å²) in [4.78, 5) is 0. The van der Waals surface area contributed by atoms with Crippen LogP contribution in [0.1, 0.15) is 0 Å². The van der Waals surface area contributed by atoms with E-state index in [-0.39, 0.29) is 0 Å². The van der Waals surface area contributed by atoms with Gasteiger partial charge in [0.2, 0.25) is 0 Å². The highest BCUT2D eigenvalue weighted by Crippen LogP contribution is 1.98. The molecule has 4 N–H and O–H groups in total. The molecule has 0 atom stereocenters. The zero-order chi connectivity index (χ0) is 5.91. The smallest absolute Gasteiger partial charge is 0.295 e. The third-order valence-corrected chi connectivity index (χ3v) is 1.13. The van der Waals surface area contributed by atoms with Crippen LogP contribution in [0.2, 0.25) is 0 Å². The van der Waals surface area contributed by atoms with Crippen LogP contribution >= 0.6 is 23.0 Å². The van der Waals surface area contributed by atoms with Crippen molar-refractivity contribution >= 4 is 23.0 Å². The maximum atomic E-state index is 5.04. The zero-order valence-corrected chi connectivity index (χ0v) is 6.01. The lowest BCUT2D eigenvalue weighted by atomic mass is 10.9. The van der Waals surface area contributed by atoms with Gasteiger partial charge in [-0.2, -0.15) is 0 Å². The van der Waals surface area contributed by atoms with Crippen LogP contribution in [0.25, 0.3) is 0 Å². The predicted octanol–water partition coefficient (Wildman–Crippen LogP) is -0.472. The van der Waals surface area contributed by atoms with E-state index in [2.05, 4.69) is 7.80 Å². The Balaban J connectivity index is 3.36. The average Bonchev–Trinajstić information content (AvgIpc) is 1.68. The predicted molar refractivity (Wildman–Crippen MR) is 33.2 cm³/mol. The molecule has 44 valence electrons. The summed E-state index contributed by atoms with van der Waals surface area (Å²) in [5.41, 5.74) is 10.1. The van der Waals surface area contributed by atoms with E-state index in [1.165, 1.54) is 7.11 Å². The van der Waals surface area contributed by atoms with E-state index in [0.29, 0.717) is 0 Å². The molecule has 0 radical (unpaired) electrons. The number of ether oxygens (including phenoxy) is 1. The molecule has 5 heteroatoms. The Morgan fingerprint density at radius 2 is 2.00 bits per heavy atom. The fourth-order valence-corrected chi connectivity index (χ4v) is 0.211. The molecule has 0 unspecified atom stereocenters. The maximum Gasteiger partial charge on any atom is 0.295 e. The van der Waals surface area contributed by atoms with Crippen molar-refractivity contribution in [1.29, 1.82) is 0 Å². The summed E-state index contributed by atoms with van der Waals surface area (Å²) in [6.07, 6.45) is 0. The van der Waals surface area contributed by atoms with Gasteiger partial charge in [0.25, 0.3) is 6.03 Å². The fraction of sp³-hybridized carbons (Fsp3) is 1.00. The molecule has 0 aromatic carbocycles. The Bertz CT molecular complexity index is 51.7. The molecule has 0 saturated carbocycles. The van der Waals surface area contributed by atoms with E-state index < -0.39 is 6.03 Å². The molecule has 0 spiro atoms. The van der Waals surface area contributed by atoms with E-state index >= 15 is 0 Å². The van der Waals surface area contributed by atoms with Gasteiger partial charge in [-0.25, -0.2) is 0 Å². The van der Waals surface area contributed by atoms with Gasteiger partial charge in [-0.1, -0.05) is 0 Å². The highest BCUT2D eigenvalue weighted by atomic mass is 127. The third kappa shape index (κ3) is 3.18. The van der Waals surface area contributed by atoms with Crippen LogP contribution in [0.4, 0.5) is 0 Å². The van der Waals surface area contributed by atoms with Gasteiger partial charge in [-0.3, -0.25) is 14.5 Å². The van der Waals surface area contributed by atoms with E-state index in [9.17, 15) is 0 Å². The lowest BCUT2D eigenvalue weighted by molar-refractivity contribution is -0.129. The van der Waals surface area contributed by atoms with Crippen molar-refractivity contribution in [1.82, 2.24) is 0 Å². The highest BCUT2D eigenvalue weighted by Gasteiger charge is 2.15. The molecule has 7 heavy (non-hydrogen) atoms. The lowest BCUT2D eigenvalue weighted by Gasteiger charge is -2.16. The van der Waals surface area contributed by atoms with E-state index in [4.69, 9.17) is 11.5 Å². The maximum absolute atomic E-state index is 5.04. The fourth-order valence-electron chi connectivity index (χ4n) is 0.0315. The third-order valence-electron chi connectivity index (χ3n) is 0.440. The first kappa shape index (κ1) is 7.57. The van der Waals surface area contributed by atoms with E-state index in [1.54, 1.807) is 23.0 Å². The van der Waals surface area contributed by atoms with Crippen molar-refractivity contribution in [3.63, 3.8) is 0 Å². The molecule has 0 heterocycles. The second-order valence-electron chi connectivity index (χ2n) is 1.00. The molecule has 0 rings (SSSR count). The SMILES string of the molecule is COC(N)(N)OI. The van der Waals surface area contributed by atoms with Crippen LogP contribution in [0.3, 0.4) is 0 Å². The summed E-state index contributed by atoms with van der Waals surface area (Å²) in [5, 5.41) is 0. The molecule has 0 aromatic heterocycles. The summed E-state index contributed by atoms with van der Waals surface area (Å²) >= 11 is 1.56. The van der Waals surface area contributed by atoms with Gasteiger partial charge < -0.3 is 4.74 Å². The van der Waals surface area contributed by atoms with Crippen LogP contribution in [0.15, 0.2) is 0 Å². The van der Waals surface area contributed by atoms with Crippen LogP contribution in [-0.2, 0) is 7.80 Å². The Kier molecular flexibility index (Phi) is 3.00. The zero-order valence-electron chi connectivity index (χ0n) is 3.85. The van der Waals surface area contributed by atoms with Crippen molar-refractivity contribution in [3.05, 3.63) is 0 Å². The van der Waals surface area contributed by atoms with Crippen LogP contribution in [0, 0.1) is 0 Å². The number of hydrogen-bond acceptors (Lipinski definition) is 4. The van der Waals surface area contributed by atoms with Gasteiger partial charge in [0, 0.05) is 7.11 Å². The normalized spacial score (nSPS) is 12.0. The van der Waals surface area contributed by atoms with Crippen molar-refractivity contribution < 1.29 is 7.80 Å². The molecule has 0 bridgehead atoms. The molecule has 0 fully saturated rings. The number of hydrogen-bond donors (Lipinski definition) is 2. The molecular formula is C2H7IN2O2.